The summed E-state index contributed by atoms with van der Waals surface area (Å²) in [7, 11) is 0. The number of hydrogen-bond acceptors (Lipinski definition) is 5. The van der Waals surface area contributed by atoms with Crippen LogP contribution in [0.5, 0.6) is 5.75 Å². The predicted molar refractivity (Wildman–Crippen MR) is 123 cm³/mol. The van der Waals surface area contributed by atoms with E-state index < -0.39 is 5.25 Å². The number of imide groups is 1. The summed E-state index contributed by atoms with van der Waals surface area (Å²) in [6.45, 7) is 0.147. The lowest BCUT2D eigenvalue weighted by molar-refractivity contribution is -0.119. The van der Waals surface area contributed by atoms with Crippen LogP contribution in [-0.4, -0.2) is 28.0 Å². The van der Waals surface area contributed by atoms with Crippen LogP contribution in [0.2, 0.25) is 0 Å². The summed E-state index contributed by atoms with van der Waals surface area (Å²) in [4.78, 5) is 27.8. The number of nitrogens with zero attached hydrogens (tertiary/aromatic N) is 1. The van der Waals surface area contributed by atoms with Crippen molar-refractivity contribution < 1.29 is 14.3 Å². The first-order valence-corrected chi connectivity index (χ1v) is 10.8. The number of aromatic nitrogens is 1. The maximum Gasteiger partial charge on any atom is 0.286 e. The van der Waals surface area contributed by atoms with E-state index in [0.717, 1.165) is 45.0 Å². The smallest absolute Gasteiger partial charge is 0.286 e. The molecule has 2 heterocycles. The second-order valence-electron chi connectivity index (χ2n) is 7.16. The number of fused-ring (bicyclic) bond motifs is 1. The molecule has 0 aliphatic carbocycles. The third-order valence-electron chi connectivity index (χ3n) is 5.12. The summed E-state index contributed by atoms with van der Waals surface area (Å²) in [5.41, 5.74) is 5.06. The number of benzene rings is 3. The van der Waals surface area contributed by atoms with E-state index in [1.807, 2.05) is 60.7 Å². The molecule has 0 bridgehead atoms. The minimum absolute atomic E-state index is 0.147. The maximum absolute atomic E-state index is 11.7. The minimum Gasteiger partial charge on any atom is -0.492 e. The molecule has 1 fully saturated rings. The Morgan fingerprint density at radius 2 is 1.61 bits per heavy atom. The highest BCUT2D eigenvalue weighted by Crippen LogP contribution is 2.32. The number of pyridine rings is 1. The summed E-state index contributed by atoms with van der Waals surface area (Å²) < 4.78 is 5.71. The largest absolute Gasteiger partial charge is 0.492 e. The van der Waals surface area contributed by atoms with Crippen molar-refractivity contribution in [1.29, 1.82) is 0 Å². The first-order valence-electron chi connectivity index (χ1n) is 9.87. The normalized spacial score (nSPS) is 15.8. The van der Waals surface area contributed by atoms with Gasteiger partial charge in [-0.3, -0.25) is 14.9 Å². The molecule has 5 nitrogen and oxygen atoms in total. The Balaban J connectivity index is 1.43. The molecule has 6 heteroatoms. The molecular weight excluding hydrogens is 408 g/mol. The average molecular weight is 426 g/mol. The number of ether oxygens (including phenoxy) is 1. The molecule has 1 aromatic heterocycles. The van der Waals surface area contributed by atoms with Gasteiger partial charge in [0.05, 0.1) is 11.2 Å². The lowest BCUT2D eigenvalue weighted by atomic mass is 9.98. The first kappa shape index (κ1) is 19.3. The second-order valence-corrected chi connectivity index (χ2v) is 8.33. The van der Waals surface area contributed by atoms with Gasteiger partial charge in [0, 0.05) is 10.9 Å². The molecule has 2 amide bonds. The Kier molecular flexibility index (Phi) is 5.14. The molecule has 1 aliphatic rings. The van der Waals surface area contributed by atoms with Crippen LogP contribution in [0.15, 0.2) is 84.9 Å². The van der Waals surface area contributed by atoms with Crippen LogP contribution in [-0.2, 0) is 4.79 Å². The van der Waals surface area contributed by atoms with E-state index in [-0.39, 0.29) is 17.8 Å². The van der Waals surface area contributed by atoms with Crippen molar-refractivity contribution in [3.63, 3.8) is 0 Å². The van der Waals surface area contributed by atoms with Gasteiger partial charge in [-0.05, 0) is 59.3 Å². The molecular formula is C25H18N2O3S. The Morgan fingerprint density at radius 3 is 2.35 bits per heavy atom. The molecule has 1 atom stereocenters. The molecule has 0 spiro atoms. The highest BCUT2D eigenvalue weighted by Gasteiger charge is 2.32. The van der Waals surface area contributed by atoms with Crippen molar-refractivity contribution >= 4 is 33.8 Å². The summed E-state index contributed by atoms with van der Waals surface area (Å²) in [5.74, 6) is 0.334. The highest BCUT2D eigenvalue weighted by molar-refractivity contribution is 8.15. The molecule has 1 saturated heterocycles. The van der Waals surface area contributed by atoms with Crippen LogP contribution >= 0.6 is 11.8 Å². The monoisotopic (exact) mass is 426 g/mol. The number of nitrogens with one attached hydrogen (secondary N) is 1. The lowest BCUT2D eigenvalue weighted by Gasteiger charge is -2.12. The SMILES string of the molecule is O=C1NC(=O)C(COc2ccc(-c3cc(-c4ccccc4)c4ccccc4n3)cc2)S1. The van der Waals surface area contributed by atoms with Crippen molar-refractivity contribution in [2.45, 2.75) is 5.25 Å². The number of amides is 2. The summed E-state index contributed by atoms with van der Waals surface area (Å²) in [6.07, 6.45) is 0. The first-order chi connectivity index (χ1) is 15.2. The molecule has 1 N–H and O–H groups in total. The van der Waals surface area contributed by atoms with E-state index in [9.17, 15) is 9.59 Å². The second kappa shape index (κ2) is 8.24. The topological polar surface area (TPSA) is 68.3 Å². The molecule has 4 aromatic rings. The van der Waals surface area contributed by atoms with Crippen LogP contribution in [0.4, 0.5) is 4.79 Å². The van der Waals surface area contributed by atoms with Gasteiger partial charge in [0.15, 0.2) is 0 Å². The number of thioether (sulfide) groups is 1. The van der Waals surface area contributed by atoms with Gasteiger partial charge in [0.1, 0.15) is 17.6 Å². The Hall–Kier alpha value is -3.64. The summed E-state index contributed by atoms with van der Waals surface area (Å²) >= 11 is 0.959. The zero-order chi connectivity index (χ0) is 21.2. The fourth-order valence-electron chi connectivity index (χ4n) is 3.58. The van der Waals surface area contributed by atoms with Gasteiger partial charge in [-0.1, -0.05) is 48.5 Å². The zero-order valence-corrected chi connectivity index (χ0v) is 17.3. The van der Waals surface area contributed by atoms with E-state index in [1.165, 1.54) is 0 Å². The fourth-order valence-corrected chi connectivity index (χ4v) is 4.30. The van der Waals surface area contributed by atoms with Crippen LogP contribution in [0.1, 0.15) is 0 Å². The third kappa shape index (κ3) is 4.02. The Morgan fingerprint density at radius 1 is 0.871 bits per heavy atom. The minimum atomic E-state index is -0.511. The molecule has 1 unspecified atom stereocenters. The Labute approximate surface area is 183 Å². The van der Waals surface area contributed by atoms with Crippen molar-refractivity contribution in [3.8, 4) is 28.1 Å². The maximum atomic E-state index is 11.7. The van der Waals surface area contributed by atoms with Gasteiger partial charge < -0.3 is 4.74 Å². The molecule has 1 aliphatic heterocycles. The van der Waals surface area contributed by atoms with Gasteiger partial charge >= 0.3 is 0 Å². The Bertz CT molecular complexity index is 1270. The summed E-state index contributed by atoms with van der Waals surface area (Å²) in [5, 5.41) is 2.53. The van der Waals surface area contributed by atoms with Crippen LogP contribution in [0.25, 0.3) is 33.3 Å². The van der Waals surface area contributed by atoms with E-state index in [0.29, 0.717) is 5.75 Å². The van der Waals surface area contributed by atoms with Gasteiger partial charge in [0.25, 0.3) is 5.24 Å². The summed E-state index contributed by atoms with van der Waals surface area (Å²) in [6, 6.07) is 28.1. The van der Waals surface area contributed by atoms with E-state index in [2.05, 4.69) is 29.6 Å². The predicted octanol–water partition coefficient (Wildman–Crippen LogP) is 5.30. The molecule has 152 valence electrons. The lowest BCUT2D eigenvalue weighted by Crippen LogP contribution is -2.28. The standard InChI is InChI=1S/C25H18N2O3S/c28-24-23(31-25(29)27-24)15-30-18-12-10-17(11-13-18)22-14-20(16-6-2-1-3-7-16)19-8-4-5-9-21(19)26-22/h1-14,23H,15H2,(H,27,28,29). The van der Waals surface area contributed by atoms with E-state index in [4.69, 9.17) is 9.72 Å². The molecule has 5 rings (SSSR count). The zero-order valence-electron chi connectivity index (χ0n) is 16.4. The number of para-hydroxylation sites is 1. The third-order valence-corrected chi connectivity index (χ3v) is 6.07. The van der Waals surface area contributed by atoms with Crippen LogP contribution < -0.4 is 10.1 Å². The van der Waals surface area contributed by atoms with Gasteiger partial charge in [0.2, 0.25) is 5.91 Å². The van der Waals surface area contributed by atoms with Crippen molar-refractivity contribution in [2.24, 2.45) is 0 Å². The van der Waals surface area contributed by atoms with Crippen molar-refractivity contribution in [2.75, 3.05) is 6.61 Å². The number of carbonyl (C=O) groups is 2. The van der Waals surface area contributed by atoms with Crippen LogP contribution in [0, 0.1) is 0 Å². The van der Waals surface area contributed by atoms with E-state index in [1.54, 1.807) is 0 Å². The van der Waals surface area contributed by atoms with Gasteiger partial charge in [-0.2, -0.15) is 0 Å². The number of carbonyl (C=O) groups excluding carboxylic acids is 2. The highest BCUT2D eigenvalue weighted by atomic mass is 32.2. The quantitative estimate of drug-likeness (QED) is 0.469. The van der Waals surface area contributed by atoms with E-state index >= 15 is 0 Å². The van der Waals surface area contributed by atoms with Crippen LogP contribution in [0.3, 0.4) is 0 Å². The number of hydrogen-bond donors (Lipinski definition) is 1. The van der Waals surface area contributed by atoms with Gasteiger partial charge in [-0.15, -0.1) is 0 Å². The molecule has 0 saturated carbocycles. The molecule has 3 aromatic carbocycles. The number of rotatable bonds is 5. The van der Waals surface area contributed by atoms with Gasteiger partial charge in [-0.25, -0.2) is 4.98 Å². The van der Waals surface area contributed by atoms with Crippen molar-refractivity contribution in [3.05, 3.63) is 84.9 Å². The molecule has 31 heavy (non-hydrogen) atoms. The average Bonchev–Trinajstić information content (AvgIpc) is 3.14. The van der Waals surface area contributed by atoms with Crippen molar-refractivity contribution in [1.82, 2.24) is 10.3 Å². The fraction of sp³-hybridized carbons (Fsp3) is 0.0800. The molecule has 0 radical (unpaired) electrons.